The number of alkyl halides is 3. The predicted molar refractivity (Wildman–Crippen MR) is 112 cm³/mol. The summed E-state index contributed by atoms with van der Waals surface area (Å²) in [7, 11) is 1.48. The highest BCUT2D eigenvalue weighted by molar-refractivity contribution is 9.10. The second-order valence-electron chi connectivity index (χ2n) is 8.27. The third-order valence-electron chi connectivity index (χ3n) is 5.77. The van der Waals surface area contributed by atoms with Crippen LogP contribution in [0.4, 0.5) is 18.9 Å². The van der Waals surface area contributed by atoms with Gasteiger partial charge in [0.2, 0.25) is 0 Å². The SMILES string of the molecule is COc1cc(Br)cc2c1C(C)(C)CC(O)(C(F)(F)F)C2Nc1cccc2[nH]ncc12. The quantitative estimate of drug-likeness (QED) is 0.462. The summed E-state index contributed by atoms with van der Waals surface area (Å²) in [5.74, 6) is 0.474. The molecule has 1 aliphatic carbocycles. The van der Waals surface area contributed by atoms with Gasteiger partial charge in [-0.1, -0.05) is 35.8 Å². The van der Waals surface area contributed by atoms with E-state index in [2.05, 4.69) is 31.4 Å². The molecule has 0 saturated heterocycles. The zero-order valence-electron chi connectivity index (χ0n) is 16.6. The van der Waals surface area contributed by atoms with Crippen LogP contribution in [0.1, 0.15) is 37.4 Å². The predicted octanol–water partition coefficient (Wildman–Crippen LogP) is 5.46. The van der Waals surface area contributed by atoms with Crippen LogP contribution in [0.5, 0.6) is 5.75 Å². The van der Waals surface area contributed by atoms with Gasteiger partial charge >= 0.3 is 6.18 Å². The first-order valence-electron chi connectivity index (χ1n) is 9.33. The van der Waals surface area contributed by atoms with Crippen molar-refractivity contribution in [2.75, 3.05) is 12.4 Å². The summed E-state index contributed by atoms with van der Waals surface area (Å²) < 4.78 is 49.0. The minimum atomic E-state index is -4.86. The molecule has 9 heteroatoms. The summed E-state index contributed by atoms with van der Waals surface area (Å²) in [5.41, 5.74) is -1.89. The van der Waals surface area contributed by atoms with E-state index >= 15 is 0 Å². The summed E-state index contributed by atoms with van der Waals surface area (Å²) in [4.78, 5) is 0. The monoisotopic (exact) mass is 483 g/mol. The summed E-state index contributed by atoms with van der Waals surface area (Å²) in [5, 5.41) is 21.5. The molecule has 0 aliphatic heterocycles. The normalized spacial score (nSPS) is 23.3. The maximum absolute atomic E-state index is 14.3. The van der Waals surface area contributed by atoms with Gasteiger partial charge in [0.1, 0.15) is 5.75 Å². The van der Waals surface area contributed by atoms with Crippen LogP contribution in [-0.4, -0.2) is 34.2 Å². The van der Waals surface area contributed by atoms with E-state index in [1.54, 1.807) is 50.4 Å². The second kappa shape index (κ2) is 6.88. The minimum absolute atomic E-state index is 0.331. The molecule has 1 aliphatic rings. The van der Waals surface area contributed by atoms with Gasteiger partial charge in [-0.15, -0.1) is 0 Å². The molecule has 0 amide bonds. The molecule has 0 spiro atoms. The van der Waals surface area contributed by atoms with Crippen molar-refractivity contribution >= 4 is 32.5 Å². The van der Waals surface area contributed by atoms with E-state index in [4.69, 9.17) is 4.74 Å². The Balaban J connectivity index is 1.97. The first-order chi connectivity index (χ1) is 14.0. The molecule has 160 valence electrons. The van der Waals surface area contributed by atoms with Gasteiger partial charge in [0.15, 0.2) is 5.60 Å². The highest BCUT2D eigenvalue weighted by atomic mass is 79.9. The number of methoxy groups -OCH3 is 1. The molecule has 3 aromatic rings. The van der Waals surface area contributed by atoms with Crippen LogP contribution in [0.15, 0.2) is 41.0 Å². The van der Waals surface area contributed by atoms with E-state index in [0.717, 1.165) is 0 Å². The Labute approximate surface area is 179 Å². The fourth-order valence-electron chi connectivity index (χ4n) is 4.55. The smallest absolute Gasteiger partial charge is 0.419 e. The van der Waals surface area contributed by atoms with E-state index in [9.17, 15) is 18.3 Å². The summed E-state index contributed by atoms with van der Waals surface area (Å²) in [6.07, 6.45) is -3.84. The third kappa shape index (κ3) is 3.15. The van der Waals surface area contributed by atoms with Crippen LogP contribution in [0.25, 0.3) is 10.9 Å². The van der Waals surface area contributed by atoms with Crippen LogP contribution < -0.4 is 10.1 Å². The number of benzene rings is 2. The number of nitrogens with zero attached hydrogens (tertiary/aromatic N) is 1. The lowest BCUT2D eigenvalue weighted by Gasteiger charge is -2.49. The van der Waals surface area contributed by atoms with Gasteiger partial charge in [-0.05, 0) is 41.7 Å². The molecule has 4 rings (SSSR count). The molecular weight excluding hydrogens is 463 g/mol. The van der Waals surface area contributed by atoms with Gasteiger partial charge in [0.05, 0.1) is 24.9 Å². The van der Waals surface area contributed by atoms with Crippen LogP contribution in [-0.2, 0) is 5.41 Å². The Morgan fingerprint density at radius 3 is 2.70 bits per heavy atom. The lowest BCUT2D eigenvalue weighted by molar-refractivity contribution is -0.275. The maximum atomic E-state index is 14.3. The number of anilines is 1. The molecule has 2 unspecified atom stereocenters. The molecule has 0 bridgehead atoms. The van der Waals surface area contributed by atoms with Gasteiger partial charge in [-0.3, -0.25) is 5.10 Å². The largest absolute Gasteiger partial charge is 0.496 e. The molecule has 2 aromatic carbocycles. The van der Waals surface area contributed by atoms with Gasteiger partial charge < -0.3 is 15.2 Å². The van der Waals surface area contributed by atoms with Gasteiger partial charge in [0.25, 0.3) is 0 Å². The lowest BCUT2D eigenvalue weighted by Crippen LogP contribution is -2.58. The topological polar surface area (TPSA) is 70.2 Å². The number of H-pyrrole nitrogens is 1. The molecule has 0 saturated carbocycles. The molecule has 2 atom stereocenters. The number of nitrogens with one attached hydrogen (secondary N) is 2. The van der Waals surface area contributed by atoms with Crippen molar-refractivity contribution < 1.29 is 23.0 Å². The average Bonchev–Trinajstić information content (AvgIpc) is 3.12. The highest BCUT2D eigenvalue weighted by Gasteiger charge is 2.64. The number of ether oxygens (including phenoxy) is 1. The number of halogens is 4. The Bertz CT molecular complexity index is 1110. The van der Waals surface area contributed by atoms with Gasteiger partial charge in [-0.2, -0.15) is 18.3 Å². The molecule has 3 N–H and O–H groups in total. The van der Waals surface area contributed by atoms with Gasteiger partial charge in [-0.25, -0.2) is 0 Å². The maximum Gasteiger partial charge on any atom is 0.419 e. The number of aromatic nitrogens is 2. The van der Waals surface area contributed by atoms with Crippen LogP contribution in [0.3, 0.4) is 0 Å². The van der Waals surface area contributed by atoms with Crippen molar-refractivity contribution in [1.29, 1.82) is 0 Å². The Kier molecular flexibility index (Phi) is 4.81. The average molecular weight is 484 g/mol. The summed E-state index contributed by atoms with van der Waals surface area (Å²) in [6.45, 7) is 3.37. The summed E-state index contributed by atoms with van der Waals surface area (Å²) >= 11 is 3.37. The van der Waals surface area contributed by atoms with Crippen molar-refractivity contribution in [2.45, 2.75) is 43.5 Å². The molecule has 1 aromatic heterocycles. The minimum Gasteiger partial charge on any atom is -0.496 e. The Morgan fingerprint density at radius 1 is 1.30 bits per heavy atom. The number of hydrogen-bond donors (Lipinski definition) is 3. The zero-order valence-corrected chi connectivity index (χ0v) is 18.1. The third-order valence-corrected chi connectivity index (χ3v) is 6.23. The first kappa shape index (κ1) is 21.0. The number of aliphatic hydroxyl groups is 1. The van der Waals surface area contributed by atoms with Crippen molar-refractivity contribution in [3.8, 4) is 5.75 Å². The fraction of sp³-hybridized carbons (Fsp3) is 0.381. The number of fused-ring (bicyclic) bond motifs is 2. The second-order valence-corrected chi connectivity index (χ2v) is 9.18. The van der Waals surface area contributed by atoms with Crippen molar-refractivity contribution in [2.24, 2.45) is 0 Å². The van der Waals surface area contributed by atoms with Crippen LogP contribution in [0, 0.1) is 0 Å². The van der Waals surface area contributed by atoms with E-state index in [-0.39, 0.29) is 0 Å². The number of hydrogen-bond acceptors (Lipinski definition) is 4. The van der Waals surface area contributed by atoms with Crippen LogP contribution >= 0.6 is 15.9 Å². The highest BCUT2D eigenvalue weighted by Crippen LogP contribution is 2.57. The standard InChI is InChI=1S/C21H21BrF3N3O2/c1-19(2)10-20(29,21(23,24)25)18(12-7-11(22)8-16(30-3)17(12)19)27-14-5-4-6-15-13(14)9-26-28-15/h4-9,18,27,29H,10H2,1-3H3,(H,26,28). The first-order valence-corrected chi connectivity index (χ1v) is 10.1. The number of aromatic amines is 1. The fourth-order valence-corrected chi connectivity index (χ4v) is 5.00. The lowest BCUT2D eigenvalue weighted by atomic mass is 9.63. The van der Waals surface area contributed by atoms with E-state index in [1.807, 2.05) is 0 Å². The van der Waals surface area contributed by atoms with E-state index < -0.39 is 29.7 Å². The van der Waals surface area contributed by atoms with Crippen molar-refractivity contribution in [3.05, 3.63) is 52.1 Å². The zero-order chi connectivity index (χ0) is 21.9. The van der Waals surface area contributed by atoms with E-state index in [0.29, 0.717) is 37.9 Å². The molecule has 0 radical (unpaired) electrons. The van der Waals surface area contributed by atoms with Crippen molar-refractivity contribution in [1.82, 2.24) is 10.2 Å². The summed E-state index contributed by atoms with van der Waals surface area (Å²) in [6, 6.07) is 7.05. The Morgan fingerprint density at radius 2 is 2.03 bits per heavy atom. The van der Waals surface area contributed by atoms with E-state index in [1.165, 1.54) is 7.11 Å². The molecule has 1 heterocycles. The van der Waals surface area contributed by atoms with Crippen molar-refractivity contribution in [3.63, 3.8) is 0 Å². The van der Waals surface area contributed by atoms with Gasteiger partial charge in [0, 0.05) is 21.1 Å². The Hall–Kier alpha value is -2.26. The van der Waals surface area contributed by atoms with Crippen LogP contribution in [0.2, 0.25) is 0 Å². The number of rotatable bonds is 3. The molecule has 5 nitrogen and oxygen atoms in total. The molecular formula is C21H21BrF3N3O2. The molecule has 30 heavy (non-hydrogen) atoms. The molecule has 0 fully saturated rings.